The molecule has 3 aromatic carbocycles. The molecular formula is C29H19N3. The number of nitrogens with zero attached hydrogens (tertiary/aromatic N) is 3. The van der Waals surface area contributed by atoms with Gasteiger partial charge in [0.2, 0.25) is 0 Å². The van der Waals surface area contributed by atoms with Gasteiger partial charge in [0.1, 0.15) is 0 Å². The predicted molar refractivity (Wildman–Crippen MR) is 131 cm³/mol. The van der Waals surface area contributed by atoms with Gasteiger partial charge in [-0.15, -0.1) is 0 Å². The van der Waals surface area contributed by atoms with Gasteiger partial charge in [-0.2, -0.15) is 0 Å². The zero-order valence-electron chi connectivity index (χ0n) is 17.3. The Bertz CT molecular complexity index is 1460. The number of hydrogen-bond donors (Lipinski definition) is 0. The minimum atomic E-state index is 0.901. The standard InChI is InChI=1S/C29H19N3/c1-2-8-20(9-3-1)23-18-26(24-14-4-10-21-12-6-16-30-28(21)24)32-27(19-23)25-15-5-11-22-13-7-17-31-29(22)25/h1-19H. The summed E-state index contributed by atoms with van der Waals surface area (Å²) in [6.07, 6.45) is 3.67. The molecule has 3 aromatic heterocycles. The van der Waals surface area contributed by atoms with Gasteiger partial charge in [0.15, 0.2) is 0 Å². The van der Waals surface area contributed by atoms with Gasteiger partial charge in [-0.05, 0) is 35.4 Å². The first-order valence-electron chi connectivity index (χ1n) is 10.6. The smallest absolute Gasteiger partial charge is 0.0795 e. The second kappa shape index (κ2) is 7.71. The van der Waals surface area contributed by atoms with Crippen LogP contribution in [0.4, 0.5) is 0 Å². The van der Waals surface area contributed by atoms with E-state index >= 15 is 0 Å². The summed E-state index contributed by atoms with van der Waals surface area (Å²) >= 11 is 0. The SMILES string of the molecule is c1ccc(-c2cc(-c3cccc4cccnc34)nc(-c3cccc4cccnc34)c2)cc1. The Morgan fingerprint density at radius 1 is 0.438 bits per heavy atom. The number of pyridine rings is 3. The average molecular weight is 409 g/mol. The molecule has 0 fully saturated rings. The van der Waals surface area contributed by atoms with Crippen LogP contribution in [0.25, 0.3) is 55.4 Å². The van der Waals surface area contributed by atoms with E-state index in [4.69, 9.17) is 4.98 Å². The van der Waals surface area contributed by atoms with Crippen molar-refractivity contribution in [3.63, 3.8) is 0 Å². The van der Waals surface area contributed by atoms with Gasteiger partial charge in [0.25, 0.3) is 0 Å². The van der Waals surface area contributed by atoms with Crippen LogP contribution in [0, 0.1) is 0 Å². The molecule has 150 valence electrons. The highest BCUT2D eigenvalue weighted by Crippen LogP contribution is 2.34. The molecule has 6 rings (SSSR count). The minimum absolute atomic E-state index is 0.901. The van der Waals surface area contributed by atoms with Gasteiger partial charge in [0, 0.05) is 34.3 Å². The summed E-state index contributed by atoms with van der Waals surface area (Å²) in [4.78, 5) is 14.4. The third-order valence-electron chi connectivity index (χ3n) is 5.75. The maximum Gasteiger partial charge on any atom is 0.0795 e. The molecule has 3 nitrogen and oxygen atoms in total. The monoisotopic (exact) mass is 409 g/mol. The molecule has 3 heterocycles. The van der Waals surface area contributed by atoms with E-state index in [1.807, 2.05) is 30.6 Å². The van der Waals surface area contributed by atoms with Crippen LogP contribution >= 0.6 is 0 Å². The molecule has 32 heavy (non-hydrogen) atoms. The molecule has 3 heteroatoms. The maximum absolute atomic E-state index is 5.12. The van der Waals surface area contributed by atoms with E-state index in [1.165, 1.54) is 0 Å². The number of aromatic nitrogens is 3. The van der Waals surface area contributed by atoms with Crippen LogP contribution in [0.3, 0.4) is 0 Å². The van der Waals surface area contributed by atoms with E-state index in [9.17, 15) is 0 Å². The second-order valence-electron chi connectivity index (χ2n) is 7.75. The summed E-state index contributed by atoms with van der Waals surface area (Å²) in [6, 6.07) is 35.3. The van der Waals surface area contributed by atoms with Crippen molar-refractivity contribution < 1.29 is 0 Å². The van der Waals surface area contributed by atoms with E-state index < -0.39 is 0 Å². The van der Waals surface area contributed by atoms with E-state index in [0.717, 1.165) is 55.4 Å². The highest BCUT2D eigenvalue weighted by atomic mass is 14.7. The van der Waals surface area contributed by atoms with Crippen molar-refractivity contribution in [1.82, 2.24) is 15.0 Å². The normalized spacial score (nSPS) is 11.1. The third-order valence-corrected chi connectivity index (χ3v) is 5.75. The van der Waals surface area contributed by atoms with Gasteiger partial charge >= 0.3 is 0 Å². The molecule has 0 aliphatic rings. The Balaban J connectivity index is 1.65. The van der Waals surface area contributed by atoms with Crippen LogP contribution in [-0.2, 0) is 0 Å². The lowest BCUT2D eigenvalue weighted by atomic mass is 9.98. The maximum atomic E-state index is 5.12. The number of rotatable bonds is 3. The summed E-state index contributed by atoms with van der Waals surface area (Å²) < 4.78 is 0. The highest BCUT2D eigenvalue weighted by molar-refractivity contribution is 5.96. The molecule has 0 aliphatic heterocycles. The fourth-order valence-electron chi connectivity index (χ4n) is 4.23. The summed E-state index contributed by atoms with van der Waals surface area (Å²) in [6.45, 7) is 0. The molecule has 0 bridgehead atoms. The average Bonchev–Trinajstić information content (AvgIpc) is 2.88. The van der Waals surface area contributed by atoms with Crippen molar-refractivity contribution in [2.24, 2.45) is 0 Å². The fourth-order valence-corrected chi connectivity index (χ4v) is 4.23. The zero-order valence-corrected chi connectivity index (χ0v) is 17.3. The number of para-hydroxylation sites is 2. The van der Waals surface area contributed by atoms with Crippen LogP contribution in [0.2, 0.25) is 0 Å². The summed E-state index contributed by atoms with van der Waals surface area (Å²) in [5.41, 5.74) is 8.03. The largest absolute Gasteiger partial charge is 0.256 e. The van der Waals surface area contributed by atoms with Crippen molar-refractivity contribution in [1.29, 1.82) is 0 Å². The van der Waals surface area contributed by atoms with Crippen LogP contribution in [0.1, 0.15) is 0 Å². The Morgan fingerprint density at radius 3 is 1.53 bits per heavy atom. The number of benzene rings is 3. The summed E-state index contributed by atoms with van der Waals surface area (Å²) in [5, 5.41) is 2.20. The van der Waals surface area contributed by atoms with E-state index in [1.54, 1.807) is 0 Å². The van der Waals surface area contributed by atoms with Gasteiger partial charge in [-0.25, -0.2) is 4.98 Å². The zero-order chi connectivity index (χ0) is 21.3. The molecule has 0 unspecified atom stereocenters. The van der Waals surface area contributed by atoms with Gasteiger partial charge < -0.3 is 0 Å². The van der Waals surface area contributed by atoms with Crippen molar-refractivity contribution in [2.75, 3.05) is 0 Å². The lowest BCUT2D eigenvalue weighted by molar-refractivity contribution is 1.31. The van der Waals surface area contributed by atoms with E-state index in [-0.39, 0.29) is 0 Å². The molecule has 0 saturated carbocycles. The molecule has 0 radical (unpaired) electrons. The molecule has 6 aromatic rings. The van der Waals surface area contributed by atoms with Crippen molar-refractivity contribution in [3.05, 3.63) is 116 Å². The predicted octanol–water partition coefficient (Wildman–Crippen LogP) is 7.18. The third kappa shape index (κ3) is 3.21. The van der Waals surface area contributed by atoms with Crippen LogP contribution in [0.5, 0.6) is 0 Å². The Kier molecular flexibility index (Phi) is 4.43. The molecule has 0 spiro atoms. The fraction of sp³-hybridized carbons (Fsp3) is 0. The Labute approximate surface area is 186 Å². The number of fused-ring (bicyclic) bond motifs is 2. The molecule has 0 N–H and O–H groups in total. The molecule has 0 aliphatic carbocycles. The van der Waals surface area contributed by atoms with E-state index in [2.05, 4.69) is 94.9 Å². The topological polar surface area (TPSA) is 38.7 Å². The van der Waals surface area contributed by atoms with Crippen molar-refractivity contribution in [2.45, 2.75) is 0 Å². The van der Waals surface area contributed by atoms with Gasteiger partial charge in [-0.3, -0.25) is 9.97 Å². The molecule has 0 amide bonds. The Morgan fingerprint density at radius 2 is 0.969 bits per heavy atom. The van der Waals surface area contributed by atoms with Crippen molar-refractivity contribution in [3.8, 4) is 33.6 Å². The van der Waals surface area contributed by atoms with Crippen LogP contribution in [-0.4, -0.2) is 15.0 Å². The highest BCUT2D eigenvalue weighted by Gasteiger charge is 2.13. The summed E-state index contributed by atoms with van der Waals surface area (Å²) in [5.74, 6) is 0. The minimum Gasteiger partial charge on any atom is -0.256 e. The van der Waals surface area contributed by atoms with Gasteiger partial charge in [-0.1, -0.05) is 78.9 Å². The number of hydrogen-bond acceptors (Lipinski definition) is 3. The van der Waals surface area contributed by atoms with Crippen LogP contribution in [0.15, 0.2) is 116 Å². The lowest BCUT2D eigenvalue weighted by Gasteiger charge is -2.12. The first-order chi connectivity index (χ1) is 15.9. The quantitative estimate of drug-likeness (QED) is 0.311. The van der Waals surface area contributed by atoms with Gasteiger partial charge in [0.05, 0.1) is 22.4 Å². The van der Waals surface area contributed by atoms with Crippen LogP contribution < -0.4 is 0 Å². The second-order valence-corrected chi connectivity index (χ2v) is 7.75. The van der Waals surface area contributed by atoms with Crippen molar-refractivity contribution >= 4 is 21.8 Å². The van der Waals surface area contributed by atoms with E-state index in [0.29, 0.717) is 0 Å². The first-order valence-corrected chi connectivity index (χ1v) is 10.6. The first kappa shape index (κ1) is 18.4. The lowest BCUT2D eigenvalue weighted by Crippen LogP contribution is -1.94. The molecular weight excluding hydrogens is 390 g/mol. The molecule has 0 atom stereocenters. The Hall–Kier alpha value is -4.37. The molecule has 0 saturated heterocycles. The summed E-state index contributed by atoms with van der Waals surface area (Å²) in [7, 11) is 0.